The van der Waals surface area contributed by atoms with Gasteiger partial charge in [0.25, 0.3) is 0 Å². The first-order valence-corrected chi connectivity index (χ1v) is 5.70. The maximum Gasteiger partial charge on any atom is 0.191 e. The van der Waals surface area contributed by atoms with Crippen molar-refractivity contribution < 1.29 is 0 Å². The van der Waals surface area contributed by atoms with E-state index in [9.17, 15) is 0 Å². The number of hydrogen-bond donors (Lipinski definition) is 0. The lowest BCUT2D eigenvalue weighted by molar-refractivity contribution is 0.788. The van der Waals surface area contributed by atoms with Crippen molar-refractivity contribution >= 4 is 23.4 Å². The molecule has 0 aliphatic rings. The lowest BCUT2D eigenvalue weighted by Gasteiger charge is -2.01. The van der Waals surface area contributed by atoms with Gasteiger partial charge in [-0.05, 0) is 11.6 Å². The second kappa shape index (κ2) is 4.63. The Bertz CT molecular complexity index is 457. The lowest BCUT2D eigenvalue weighted by Crippen LogP contribution is -1.91. The van der Waals surface area contributed by atoms with Crippen LogP contribution in [-0.2, 0) is 12.8 Å². The highest BCUT2D eigenvalue weighted by Crippen LogP contribution is 2.23. The van der Waals surface area contributed by atoms with E-state index in [1.54, 1.807) is 24.3 Å². The minimum atomic E-state index is 0.548. The number of aryl methyl sites for hydroxylation is 1. The molecular weight excluding hydrogens is 232 g/mol. The molecule has 0 radical (unpaired) electrons. The average molecular weight is 241 g/mol. The third-order valence-electron chi connectivity index (χ3n) is 1.86. The number of halogens is 1. The fourth-order valence-corrected chi connectivity index (χ4v) is 2.21. The number of rotatable bonds is 3. The Kier molecular flexibility index (Phi) is 3.23. The van der Waals surface area contributed by atoms with Gasteiger partial charge in [0.1, 0.15) is 11.5 Å². The molecule has 0 atom stereocenters. The fourth-order valence-electron chi connectivity index (χ4n) is 1.07. The maximum absolute atomic E-state index is 5.94. The van der Waals surface area contributed by atoms with Crippen molar-refractivity contribution in [3.63, 3.8) is 0 Å². The van der Waals surface area contributed by atoms with Crippen LogP contribution in [0.1, 0.15) is 5.56 Å². The second-order valence-electron chi connectivity index (χ2n) is 2.97. The van der Waals surface area contributed by atoms with Crippen LogP contribution in [-0.4, -0.2) is 19.7 Å². The number of hydrogen-bond acceptors (Lipinski definition) is 4. The number of aromatic nitrogens is 4. The van der Waals surface area contributed by atoms with Gasteiger partial charge in [0.2, 0.25) is 0 Å². The van der Waals surface area contributed by atoms with Gasteiger partial charge in [-0.2, -0.15) is 0 Å². The number of pyridine rings is 1. The van der Waals surface area contributed by atoms with Gasteiger partial charge < -0.3 is 4.57 Å². The average Bonchev–Trinajstić information content (AvgIpc) is 2.63. The van der Waals surface area contributed by atoms with Gasteiger partial charge in [0.05, 0.1) is 0 Å². The molecule has 0 unspecified atom stereocenters. The molecule has 0 saturated heterocycles. The summed E-state index contributed by atoms with van der Waals surface area (Å²) in [5.74, 6) is 0.749. The Labute approximate surface area is 96.7 Å². The second-order valence-corrected chi connectivity index (χ2v) is 4.27. The summed E-state index contributed by atoms with van der Waals surface area (Å²) in [4.78, 5) is 4.01. The van der Waals surface area contributed by atoms with Gasteiger partial charge in [-0.25, -0.2) is 4.98 Å². The lowest BCUT2D eigenvalue weighted by atomic mass is 10.3. The summed E-state index contributed by atoms with van der Waals surface area (Å²) >= 11 is 7.52. The molecule has 0 aliphatic carbocycles. The molecule has 78 valence electrons. The first kappa shape index (κ1) is 10.4. The number of nitrogens with zero attached hydrogens (tertiary/aromatic N) is 4. The molecule has 4 nitrogen and oxygen atoms in total. The first-order valence-electron chi connectivity index (χ1n) is 4.33. The summed E-state index contributed by atoms with van der Waals surface area (Å²) in [6.07, 6.45) is 3.35. The predicted octanol–water partition coefficient (Wildman–Crippen LogP) is 2.16. The summed E-state index contributed by atoms with van der Waals surface area (Å²) < 4.78 is 1.87. The van der Waals surface area contributed by atoms with Crippen molar-refractivity contribution in [2.45, 2.75) is 10.9 Å². The SMILES string of the molecule is Cn1cnnc1SCc1cccnc1Cl. The molecule has 2 rings (SSSR count). The van der Waals surface area contributed by atoms with E-state index in [-0.39, 0.29) is 0 Å². The van der Waals surface area contributed by atoms with Gasteiger partial charge in [-0.1, -0.05) is 29.4 Å². The van der Waals surface area contributed by atoms with Crippen molar-refractivity contribution in [1.29, 1.82) is 0 Å². The minimum absolute atomic E-state index is 0.548. The molecule has 6 heteroatoms. The normalized spacial score (nSPS) is 10.5. The minimum Gasteiger partial charge on any atom is -0.312 e. The molecule has 0 N–H and O–H groups in total. The summed E-state index contributed by atoms with van der Waals surface area (Å²) in [6.45, 7) is 0. The van der Waals surface area contributed by atoms with Crippen molar-refractivity contribution in [2.75, 3.05) is 0 Å². The van der Waals surface area contributed by atoms with Gasteiger partial charge in [0, 0.05) is 19.0 Å². The first-order chi connectivity index (χ1) is 7.27. The monoisotopic (exact) mass is 240 g/mol. The Morgan fingerprint density at radius 1 is 1.53 bits per heavy atom. The highest BCUT2D eigenvalue weighted by Gasteiger charge is 2.04. The zero-order valence-electron chi connectivity index (χ0n) is 8.09. The molecule has 0 spiro atoms. The topological polar surface area (TPSA) is 43.6 Å². The van der Waals surface area contributed by atoms with Crippen molar-refractivity contribution in [2.24, 2.45) is 7.05 Å². The van der Waals surface area contributed by atoms with E-state index in [1.807, 2.05) is 23.7 Å². The van der Waals surface area contributed by atoms with Crippen molar-refractivity contribution in [3.8, 4) is 0 Å². The molecule has 0 bridgehead atoms. The van der Waals surface area contributed by atoms with E-state index in [0.717, 1.165) is 16.5 Å². The molecule has 0 saturated carbocycles. The Morgan fingerprint density at radius 2 is 2.40 bits per heavy atom. The summed E-state index contributed by atoms with van der Waals surface area (Å²) in [6, 6.07) is 3.83. The van der Waals surface area contributed by atoms with E-state index in [4.69, 9.17) is 11.6 Å². The molecule has 15 heavy (non-hydrogen) atoms. The molecule has 2 aromatic rings. The van der Waals surface area contributed by atoms with Crippen LogP contribution in [0.2, 0.25) is 5.15 Å². The largest absolute Gasteiger partial charge is 0.312 e. The highest BCUT2D eigenvalue weighted by atomic mass is 35.5. The van der Waals surface area contributed by atoms with Crippen molar-refractivity contribution in [1.82, 2.24) is 19.7 Å². The van der Waals surface area contributed by atoms with Crippen LogP contribution in [0.15, 0.2) is 29.8 Å². The van der Waals surface area contributed by atoms with Crippen LogP contribution in [0.4, 0.5) is 0 Å². The standard InChI is InChI=1S/C9H9ClN4S/c1-14-6-12-13-9(14)15-5-7-3-2-4-11-8(7)10/h2-4,6H,5H2,1H3. The van der Waals surface area contributed by atoms with E-state index in [0.29, 0.717) is 5.15 Å². The summed E-state index contributed by atoms with van der Waals surface area (Å²) in [7, 11) is 1.91. The van der Waals surface area contributed by atoms with Crippen LogP contribution >= 0.6 is 23.4 Å². The summed E-state index contributed by atoms with van der Waals surface area (Å²) in [5.41, 5.74) is 1.01. The van der Waals surface area contributed by atoms with E-state index < -0.39 is 0 Å². The van der Waals surface area contributed by atoms with Crippen LogP contribution < -0.4 is 0 Å². The molecule has 0 aliphatic heterocycles. The molecule has 2 heterocycles. The highest BCUT2D eigenvalue weighted by molar-refractivity contribution is 7.98. The van der Waals surface area contributed by atoms with Crippen LogP contribution in [0.25, 0.3) is 0 Å². The zero-order chi connectivity index (χ0) is 10.7. The van der Waals surface area contributed by atoms with Gasteiger partial charge in [-0.3, -0.25) is 0 Å². The molecular formula is C9H9ClN4S. The van der Waals surface area contributed by atoms with Crippen LogP contribution in [0, 0.1) is 0 Å². The van der Waals surface area contributed by atoms with Crippen LogP contribution in [0.3, 0.4) is 0 Å². The molecule has 2 aromatic heterocycles. The quantitative estimate of drug-likeness (QED) is 0.609. The van der Waals surface area contributed by atoms with E-state index in [1.165, 1.54) is 0 Å². The third kappa shape index (κ3) is 2.49. The van der Waals surface area contributed by atoms with E-state index in [2.05, 4.69) is 15.2 Å². The molecule has 0 fully saturated rings. The Hall–Kier alpha value is -1.07. The van der Waals surface area contributed by atoms with Crippen LogP contribution in [0.5, 0.6) is 0 Å². The number of thioether (sulfide) groups is 1. The predicted molar refractivity (Wildman–Crippen MR) is 59.8 cm³/mol. The van der Waals surface area contributed by atoms with E-state index >= 15 is 0 Å². The fraction of sp³-hybridized carbons (Fsp3) is 0.222. The van der Waals surface area contributed by atoms with Crippen molar-refractivity contribution in [3.05, 3.63) is 35.4 Å². The Morgan fingerprint density at radius 3 is 3.07 bits per heavy atom. The smallest absolute Gasteiger partial charge is 0.191 e. The molecule has 0 amide bonds. The third-order valence-corrected chi connectivity index (χ3v) is 3.29. The maximum atomic E-state index is 5.94. The Balaban J connectivity index is 2.06. The molecule has 0 aromatic carbocycles. The summed E-state index contributed by atoms with van der Waals surface area (Å²) in [5, 5.41) is 9.19. The zero-order valence-corrected chi connectivity index (χ0v) is 9.66. The van der Waals surface area contributed by atoms with Gasteiger partial charge >= 0.3 is 0 Å². The van der Waals surface area contributed by atoms with Gasteiger partial charge in [-0.15, -0.1) is 10.2 Å². The van der Waals surface area contributed by atoms with Gasteiger partial charge in [0.15, 0.2) is 5.16 Å².